The Kier molecular flexibility index (Phi) is 43.2. The highest BCUT2D eigenvalue weighted by Gasteiger charge is 2.03. The number of hydrogen-bond acceptors (Lipinski definition) is 12. The normalized spacial score (nSPS) is 11.5. The smallest absolute Gasteiger partial charge is 0.305 e. The van der Waals surface area contributed by atoms with Gasteiger partial charge in [-0.15, -0.1) is 0 Å². The minimum absolute atomic E-state index is 0.138. The molecule has 288 valence electrons. The Hall–Kier alpha value is -0.930. The molecule has 12 heteroatoms. The Labute approximate surface area is 292 Å². The van der Waals surface area contributed by atoms with Gasteiger partial charge in [0.15, 0.2) is 0 Å². The van der Waals surface area contributed by atoms with E-state index in [1.165, 1.54) is 51.4 Å². The van der Waals surface area contributed by atoms with Gasteiger partial charge in [0.1, 0.15) is 6.61 Å². The molecule has 0 rings (SSSR count). The van der Waals surface area contributed by atoms with Gasteiger partial charge in [0.25, 0.3) is 0 Å². The molecular formula is C36H72O12. The number of unbranched alkanes of at least 4 members (excludes halogenated alkanes) is 9. The van der Waals surface area contributed by atoms with Crippen molar-refractivity contribution < 1.29 is 56.9 Å². The van der Waals surface area contributed by atoms with Crippen LogP contribution in [-0.2, 0) is 56.9 Å². The largest absolute Gasteiger partial charge is 0.463 e. The molecule has 0 aromatic heterocycles. The number of rotatable bonds is 43. The molecule has 0 amide bonds. The van der Waals surface area contributed by atoms with Crippen LogP contribution in [0.3, 0.4) is 0 Å². The first kappa shape index (κ1) is 47.1. The second-order valence-corrected chi connectivity index (χ2v) is 11.3. The van der Waals surface area contributed by atoms with Crippen molar-refractivity contribution >= 4 is 5.97 Å². The number of esters is 1. The number of carbonyl (C=O) groups is 1. The van der Waals surface area contributed by atoms with Crippen LogP contribution in [0, 0.1) is 0 Å². The van der Waals surface area contributed by atoms with Gasteiger partial charge in [-0.2, -0.15) is 0 Å². The zero-order chi connectivity index (χ0) is 34.7. The zero-order valence-electron chi connectivity index (χ0n) is 30.7. The maximum Gasteiger partial charge on any atom is 0.305 e. The van der Waals surface area contributed by atoms with Crippen LogP contribution in [0.4, 0.5) is 0 Å². The van der Waals surface area contributed by atoms with Crippen molar-refractivity contribution in [3.05, 3.63) is 0 Å². The predicted octanol–water partition coefficient (Wildman–Crippen LogP) is 5.42. The Morgan fingerprint density at radius 2 is 0.542 bits per heavy atom. The average Bonchev–Trinajstić information content (AvgIpc) is 3.09. The van der Waals surface area contributed by atoms with E-state index in [1.54, 1.807) is 0 Å². The molecule has 0 saturated heterocycles. The molecule has 0 aromatic rings. The van der Waals surface area contributed by atoms with Gasteiger partial charge in [-0.05, 0) is 12.8 Å². The molecule has 0 fully saturated rings. The molecule has 0 saturated carbocycles. The summed E-state index contributed by atoms with van der Waals surface area (Å²) in [5.41, 5.74) is 0. The van der Waals surface area contributed by atoms with E-state index in [2.05, 4.69) is 13.8 Å². The van der Waals surface area contributed by atoms with Gasteiger partial charge in [0.2, 0.25) is 0 Å². The molecule has 12 nitrogen and oxygen atoms in total. The number of carbonyl (C=O) groups excluding carboxylic acids is 1. The van der Waals surface area contributed by atoms with Crippen LogP contribution in [0.1, 0.15) is 90.9 Å². The first-order chi connectivity index (χ1) is 23.8. The molecule has 48 heavy (non-hydrogen) atoms. The molecular weight excluding hydrogens is 624 g/mol. The van der Waals surface area contributed by atoms with E-state index in [0.717, 1.165) is 25.9 Å². The summed E-state index contributed by atoms with van der Waals surface area (Å²) < 4.78 is 60.0. The molecule has 0 aliphatic carbocycles. The minimum atomic E-state index is -0.138. The van der Waals surface area contributed by atoms with Crippen molar-refractivity contribution in [2.24, 2.45) is 0 Å². The summed E-state index contributed by atoms with van der Waals surface area (Å²) in [5, 5.41) is 0. The van der Waals surface area contributed by atoms with E-state index in [-0.39, 0.29) is 12.6 Å². The summed E-state index contributed by atoms with van der Waals surface area (Å²) in [7, 11) is 0. The molecule has 0 N–H and O–H groups in total. The third-order valence-corrected chi connectivity index (χ3v) is 6.97. The summed E-state index contributed by atoms with van der Waals surface area (Å²) in [5.74, 6) is -0.138. The van der Waals surface area contributed by atoms with E-state index < -0.39 is 0 Å². The first-order valence-electron chi connectivity index (χ1n) is 18.7. The third kappa shape index (κ3) is 43.1. The van der Waals surface area contributed by atoms with Crippen molar-refractivity contribution in [3.8, 4) is 0 Å². The van der Waals surface area contributed by atoms with Crippen LogP contribution in [0.2, 0.25) is 0 Å². The molecule has 0 spiro atoms. The number of hydrogen-bond donors (Lipinski definition) is 0. The van der Waals surface area contributed by atoms with Crippen LogP contribution >= 0.6 is 0 Å². The highest BCUT2D eigenvalue weighted by Crippen LogP contribution is 2.08. The van der Waals surface area contributed by atoms with Gasteiger partial charge in [0, 0.05) is 13.0 Å². The monoisotopic (exact) mass is 697 g/mol. The fourth-order valence-corrected chi connectivity index (χ4v) is 4.23. The number of ether oxygens (including phenoxy) is 11. The highest BCUT2D eigenvalue weighted by atomic mass is 16.6. The van der Waals surface area contributed by atoms with Gasteiger partial charge in [0.05, 0.1) is 126 Å². The van der Waals surface area contributed by atoms with Crippen LogP contribution in [0.25, 0.3) is 0 Å². The maximum atomic E-state index is 11.7. The summed E-state index contributed by atoms with van der Waals surface area (Å²) in [6, 6.07) is 0. The quantitative estimate of drug-likeness (QED) is 0.0599. The van der Waals surface area contributed by atoms with Gasteiger partial charge in [-0.1, -0.05) is 71.6 Å². The van der Waals surface area contributed by atoms with Crippen molar-refractivity contribution in [1.82, 2.24) is 0 Å². The standard InChI is InChI=1S/C36H72O12/c1-3-5-7-9-10-11-12-14-36(37)48-35-34-47-33-32-46-31-30-45-29-28-44-27-26-43-25-24-42-23-22-41-21-20-40-19-18-39-17-16-38-15-13-8-6-4-2/h3-35H2,1-2H3. The van der Waals surface area contributed by atoms with E-state index >= 15 is 0 Å². The van der Waals surface area contributed by atoms with Gasteiger partial charge in [-0.25, -0.2) is 0 Å². The van der Waals surface area contributed by atoms with Crippen LogP contribution in [0.5, 0.6) is 0 Å². The molecule has 0 unspecified atom stereocenters. The Bertz CT molecular complexity index is 599. The van der Waals surface area contributed by atoms with Gasteiger partial charge < -0.3 is 52.1 Å². The predicted molar refractivity (Wildman–Crippen MR) is 186 cm³/mol. The second kappa shape index (κ2) is 44.1. The Morgan fingerprint density at radius 1 is 0.292 bits per heavy atom. The van der Waals surface area contributed by atoms with Crippen molar-refractivity contribution in [2.45, 2.75) is 90.9 Å². The molecule has 0 bridgehead atoms. The average molecular weight is 697 g/mol. The lowest BCUT2D eigenvalue weighted by Gasteiger charge is -2.09. The molecule has 0 aliphatic rings. The van der Waals surface area contributed by atoms with E-state index in [9.17, 15) is 4.79 Å². The second-order valence-electron chi connectivity index (χ2n) is 11.3. The molecule has 0 atom stereocenters. The van der Waals surface area contributed by atoms with Crippen LogP contribution in [0.15, 0.2) is 0 Å². The van der Waals surface area contributed by atoms with E-state index in [0.29, 0.717) is 132 Å². The van der Waals surface area contributed by atoms with Crippen LogP contribution < -0.4 is 0 Å². The van der Waals surface area contributed by atoms with Gasteiger partial charge >= 0.3 is 5.97 Å². The Balaban J connectivity index is 3.09. The molecule has 0 heterocycles. The van der Waals surface area contributed by atoms with Crippen LogP contribution in [-0.4, -0.2) is 145 Å². The third-order valence-electron chi connectivity index (χ3n) is 6.97. The lowest BCUT2D eigenvalue weighted by atomic mass is 10.1. The summed E-state index contributed by atoms with van der Waals surface area (Å²) in [4.78, 5) is 11.7. The molecule has 0 aliphatic heterocycles. The minimum Gasteiger partial charge on any atom is -0.463 e. The fourth-order valence-electron chi connectivity index (χ4n) is 4.23. The first-order valence-corrected chi connectivity index (χ1v) is 18.7. The van der Waals surface area contributed by atoms with Gasteiger partial charge in [-0.3, -0.25) is 4.79 Å². The summed E-state index contributed by atoms with van der Waals surface area (Å²) >= 11 is 0. The summed E-state index contributed by atoms with van der Waals surface area (Å²) in [6.07, 6.45) is 13.7. The lowest BCUT2D eigenvalue weighted by molar-refractivity contribution is -0.145. The van der Waals surface area contributed by atoms with Crippen molar-refractivity contribution in [1.29, 1.82) is 0 Å². The van der Waals surface area contributed by atoms with Crippen molar-refractivity contribution in [2.75, 3.05) is 139 Å². The molecule has 0 radical (unpaired) electrons. The Morgan fingerprint density at radius 3 is 0.875 bits per heavy atom. The summed E-state index contributed by atoms with van der Waals surface area (Å²) in [6.45, 7) is 15.4. The SMILES string of the molecule is CCCCCCCCCC(=O)OCCOCCOCCOCCOCCOCCOCCOCCOCCOCCOCCCCCC. The maximum absolute atomic E-state index is 11.7. The lowest BCUT2D eigenvalue weighted by Crippen LogP contribution is -2.15. The van der Waals surface area contributed by atoms with E-state index in [1.807, 2.05) is 0 Å². The zero-order valence-corrected chi connectivity index (χ0v) is 30.7. The highest BCUT2D eigenvalue weighted by molar-refractivity contribution is 5.69. The van der Waals surface area contributed by atoms with E-state index in [4.69, 9.17) is 52.1 Å². The topological polar surface area (TPSA) is 119 Å². The molecule has 0 aromatic carbocycles. The fraction of sp³-hybridized carbons (Fsp3) is 0.972. The van der Waals surface area contributed by atoms with Crippen molar-refractivity contribution in [3.63, 3.8) is 0 Å².